The number of carbonyl (C=O) groups is 10. The molecule has 4 aliphatic rings. The molecule has 41 heteroatoms. The zero-order valence-electron chi connectivity index (χ0n) is 74.5. The van der Waals surface area contributed by atoms with Gasteiger partial charge in [0.25, 0.3) is 31.6 Å². The number of H-pyrrole nitrogens is 1. The molecule has 0 aliphatic carbocycles. The third-order valence-electron chi connectivity index (χ3n) is 23.7. The number of nitro groups is 2. The number of benzene rings is 4. The van der Waals surface area contributed by atoms with Gasteiger partial charge in [0.2, 0.25) is 58.9 Å². The number of nitro benzene ring substituents is 2. The van der Waals surface area contributed by atoms with Gasteiger partial charge in [0, 0.05) is 121 Å². The molecule has 0 unspecified atom stereocenters. The lowest BCUT2D eigenvalue weighted by Gasteiger charge is -2.32. The number of aliphatic hydroxyl groups is 1. The molecule has 9 amide bonds. The van der Waals surface area contributed by atoms with Gasteiger partial charge >= 0.3 is 5.97 Å². The molecule has 5 heterocycles. The normalized spacial score (nSPS) is 17.6. The zero-order valence-corrected chi connectivity index (χ0v) is 76.1. The second-order valence-corrected chi connectivity index (χ2v) is 37.8. The van der Waals surface area contributed by atoms with Gasteiger partial charge in [-0.05, 0) is 163 Å². The van der Waals surface area contributed by atoms with E-state index in [1.807, 2.05) is 38.7 Å². The van der Waals surface area contributed by atoms with E-state index in [1.54, 1.807) is 100 Å². The molecule has 4 aliphatic heterocycles. The first kappa shape index (κ1) is 101. The van der Waals surface area contributed by atoms with Crippen molar-refractivity contribution in [1.29, 1.82) is 0 Å². The summed E-state index contributed by atoms with van der Waals surface area (Å²) < 4.78 is 71.5. The average Bonchev–Trinajstić information content (AvgIpc) is 1.58. The van der Waals surface area contributed by atoms with Crippen molar-refractivity contribution in [3.05, 3.63) is 164 Å². The van der Waals surface area contributed by atoms with Gasteiger partial charge in [-0.2, -0.15) is 21.4 Å². The number of hydrogen-bond donors (Lipinski definition) is 14. The van der Waals surface area contributed by atoms with E-state index in [1.165, 1.54) is 52.3 Å². The fraction of sp³-hybridized carbons (Fsp3) is 0.506. The first-order valence-corrected chi connectivity index (χ1v) is 46.5. The Balaban J connectivity index is 0.810. The summed E-state index contributed by atoms with van der Waals surface area (Å²) >= 11 is 0. The Morgan fingerprint density at radius 3 is 1.84 bits per heavy atom. The predicted molar refractivity (Wildman–Crippen MR) is 483 cm³/mol. The topological polar surface area (TPSA) is 583 Å². The Kier molecular flexibility index (Phi) is 34.9. The molecule has 9 rings (SSSR count). The number of guanidine groups is 1. The molecule has 39 nitrogen and oxygen atoms in total. The number of amides is 9. The smallest absolute Gasteiger partial charge is 0.326 e. The van der Waals surface area contributed by atoms with Crippen LogP contribution < -0.4 is 53.6 Å². The van der Waals surface area contributed by atoms with E-state index in [4.69, 9.17) is 11.5 Å². The monoisotopic (exact) mass is 1840 g/mol. The van der Waals surface area contributed by atoms with Gasteiger partial charge in [-0.3, -0.25) is 77.5 Å². The van der Waals surface area contributed by atoms with E-state index in [0.717, 1.165) is 11.8 Å². The maximum Gasteiger partial charge on any atom is 0.326 e. The van der Waals surface area contributed by atoms with Crippen molar-refractivity contribution in [3.63, 3.8) is 0 Å². The molecule has 0 saturated carbocycles. The Morgan fingerprint density at radius 1 is 0.646 bits per heavy atom. The lowest BCUT2D eigenvalue weighted by atomic mass is 9.81. The third kappa shape index (κ3) is 26.3. The van der Waals surface area contributed by atoms with Crippen LogP contribution in [0, 0.1) is 32.1 Å². The fourth-order valence-corrected chi connectivity index (χ4v) is 18.1. The number of fused-ring (bicyclic) bond motifs is 3. The van der Waals surface area contributed by atoms with Gasteiger partial charge in [0.05, 0.1) is 37.7 Å². The summed E-state index contributed by atoms with van der Waals surface area (Å²) in [4.78, 5) is 173. The van der Waals surface area contributed by atoms with Crippen LogP contribution in [0.1, 0.15) is 187 Å². The van der Waals surface area contributed by atoms with Gasteiger partial charge < -0.3 is 78.6 Å². The Morgan fingerprint density at radius 2 is 1.22 bits per heavy atom. The Bertz CT molecular complexity index is 5450. The number of aromatic nitrogens is 1. The molecule has 704 valence electrons. The molecule has 2 fully saturated rings. The van der Waals surface area contributed by atoms with Gasteiger partial charge in [-0.1, -0.05) is 91.3 Å². The number of carbonyl (C=O) groups excluding carboxylic acids is 9. The summed E-state index contributed by atoms with van der Waals surface area (Å²) in [6.07, 6.45) is 14.2. The number of nitrogens with zero attached hydrogens (tertiary/aromatic N) is 7. The van der Waals surface area contributed by atoms with Crippen LogP contribution in [0.25, 0.3) is 10.9 Å². The molecule has 0 radical (unpaired) electrons. The molecular weight excluding hydrogens is 1720 g/mol. The molecule has 0 spiro atoms. The molecule has 16 N–H and O–H groups in total. The molecule has 130 heavy (non-hydrogen) atoms. The minimum atomic E-state index is -4.67. The molecule has 2 saturated heterocycles. The summed E-state index contributed by atoms with van der Waals surface area (Å²) in [7, 11) is -9.29. The number of nitrogens with two attached hydrogens (primary N) is 2. The summed E-state index contributed by atoms with van der Waals surface area (Å²) in [5, 5.41) is 64.6. The van der Waals surface area contributed by atoms with Crippen molar-refractivity contribution in [1.82, 2.24) is 52.0 Å². The van der Waals surface area contributed by atoms with Crippen molar-refractivity contribution in [3.8, 4) is 0 Å². The first-order valence-electron chi connectivity index (χ1n) is 43.6. The van der Waals surface area contributed by atoms with Crippen molar-refractivity contribution < 1.29 is 98.5 Å². The number of carboxylic acid groups (broad SMARTS) is 1. The summed E-state index contributed by atoms with van der Waals surface area (Å²) in [6, 6.07) is 8.16. The zero-order chi connectivity index (χ0) is 95.4. The Labute approximate surface area is 754 Å². The molecular formula is C89H120N17O22S2+. The number of aliphatic carboxylic acids is 1. The Hall–Kier alpha value is -12.3. The highest BCUT2D eigenvalue weighted by Gasteiger charge is 2.47. The number of unbranched alkanes of at least 4 members (excludes halogenated alkanes) is 3. The summed E-state index contributed by atoms with van der Waals surface area (Å²) in [6.45, 7) is 16.4. The fourth-order valence-electron chi connectivity index (χ4n) is 17.1. The SMILES string of the molecule is CCC(=O)N1CCC[C@H]1C(=O)N[C@@H](CC(C)C)C(=O)N1CCC[C@H]1C(=O)N[C@@H](CC(C)C)C(=O)N[C@@H](CCCN=C(N)N)C(=O)N[C@@H](CO)C(=O)N[C@@H](Cc1c[nH]c2ccccc12)C(=O)N[C@@H](CCCCNC(=O)CCCCCN1C(=CC=CC=CC2=[N+](Cc3cc([N+](=O)[O-])cc([N+](=O)[O-])c3)c3ccc(S(=O)(=O)O)cc3C2(C)C)C(C)(C)c2cc(S(=O)(=O)O)ccc21)C(=O)O. The highest BCUT2D eigenvalue weighted by Crippen LogP contribution is 2.49. The van der Waals surface area contributed by atoms with E-state index >= 15 is 0 Å². The molecule has 0 bridgehead atoms. The second kappa shape index (κ2) is 44.8. The third-order valence-corrected chi connectivity index (χ3v) is 25.4. The van der Waals surface area contributed by atoms with Crippen LogP contribution in [-0.2, 0) is 92.0 Å². The molecule has 5 aromatic rings. The maximum atomic E-state index is 14.6. The van der Waals surface area contributed by atoms with Crippen LogP contribution in [0.5, 0.6) is 0 Å². The lowest BCUT2D eigenvalue weighted by Crippen LogP contribution is -2.60. The quantitative estimate of drug-likeness (QED) is 0.00290. The lowest BCUT2D eigenvalue weighted by molar-refractivity contribution is -0.455. The first-order chi connectivity index (χ1) is 61.3. The second-order valence-electron chi connectivity index (χ2n) is 35.0. The number of hydrogen-bond acceptors (Lipinski definition) is 21. The van der Waals surface area contributed by atoms with E-state index in [0.29, 0.717) is 96.3 Å². The average molecular weight is 1840 g/mol. The largest absolute Gasteiger partial charge is 0.480 e. The summed E-state index contributed by atoms with van der Waals surface area (Å²) in [5.41, 5.74) is 13.2. The van der Waals surface area contributed by atoms with E-state index < -0.39 is 155 Å². The van der Waals surface area contributed by atoms with Crippen molar-refractivity contribution >= 4 is 125 Å². The van der Waals surface area contributed by atoms with Gasteiger partial charge in [0.15, 0.2) is 18.2 Å². The molecule has 8 atom stereocenters. The maximum absolute atomic E-state index is 14.6. The van der Waals surface area contributed by atoms with E-state index in [9.17, 15) is 104 Å². The number of aliphatic hydroxyl groups excluding tert-OH is 1. The number of aromatic amines is 1. The van der Waals surface area contributed by atoms with Crippen LogP contribution in [-0.4, -0.2) is 224 Å². The van der Waals surface area contributed by atoms with Crippen LogP contribution in [0.2, 0.25) is 0 Å². The van der Waals surface area contributed by atoms with Gasteiger partial charge in [-0.25, -0.2) is 4.79 Å². The molecule has 1 aromatic heterocycles. The van der Waals surface area contributed by atoms with E-state index in [-0.39, 0.29) is 142 Å². The number of para-hydroxylation sites is 1. The highest BCUT2D eigenvalue weighted by molar-refractivity contribution is 7.86. The standard InChI is InChI=1S/C89H119N17O22S2/c1-10-78(109)102-40-22-28-73(102)83(114)99-69(43-54(4)5)85(116)103-41-23-29-74(103)84(115)98-67(42-53(2)3)80(111)95-65(27-21-38-93-87(90)91)79(110)100-70(52-107)82(113)97-68(46-56-50-94-64-25-17-16-24-61(56)64)81(112)96-66(86(117)118)26-18-19-37-92-77(108)32-15-12-20-39-101-71-35-33-59(129(123,124)125)48-62(71)88(6,7)75(101)30-13-11-14-31-76-89(8,9)63-49-60(130(126,127)128)34-36-72(63)104(76)51-55-44-57(105(119)120)47-58(45-55)106(121)122/h11,13-14,16-17,24-25,30-31,33-36,44-45,47-50,53-54,65-70,73-74,94,107H,10,12,15,18-23,26-29,32,37-43,46,51-52H2,1-9H3,(H13-,90,91,92,93,95,96,97,98,99,100,108,110,111,112,113,114,115,117,118,123,124,125,126,127,128)/p+1/t65-,66-,67-,68-,69-,70-,73-,74-/m0/s1. The van der Waals surface area contributed by atoms with Crippen LogP contribution in [0.15, 0.2) is 136 Å². The highest BCUT2D eigenvalue weighted by atomic mass is 32.2. The number of aliphatic imine (C=N–C) groups is 1. The van der Waals surface area contributed by atoms with Gasteiger partial charge in [-0.15, -0.1) is 0 Å². The summed E-state index contributed by atoms with van der Waals surface area (Å²) in [5.74, 6) is -7.88. The van der Waals surface area contributed by atoms with Crippen molar-refractivity contribution in [2.75, 3.05) is 44.2 Å². The van der Waals surface area contributed by atoms with E-state index in [2.05, 4.69) is 47.2 Å². The van der Waals surface area contributed by atoms with Crippen LogP contribution in [0.3, 0.4) is 0 Å². The number of likely N-dealkylation sites (tertiary alicyclic amines) is 2. The van der Waals surface area contributed by atoms with Crippen LogP contribution >= 0.6 is 0 Å². The number of anilines is 1. The number of nitrogens with one attached hydrogen (secondary N) is 8. The molecule has 4 aromatic carbocycles. The predicted octanol–water partition coefficient (Wildman–Crippen LogP) is 6.46. The number of allylic oxidation sites excluding steroid dienone is 6. The number of non-ortho nitro benzene ring substituents is 2. The van der Waals surface area contributed by atoms with Gasteiger partial charge in [0.1, 0.15) is 48.3 Å². The number of rotatable bonds is 46. The van der Waals surface area contributed by atoms with Crippen molar-refractivity contribution in [2.24, 2.45) is 28.3 Å². The minimum absolute atomic E-state index is 0.0151. The van der Waals surface area contributed by atoms with Crippen LogP contribution in [0.4, 0.5) is 22.7 Å². The number of carboxylic acids is 1. The minimum Gasteiger partial charge on any atom is -0.480 e. The van der Waals surface area contributed by atoms with Crippen molar-refractivity contribution in [2.45, 2.75) is 247 Å².